The van der Waals surface area contributed by atoms with Crippen molar-refractivity contribution in [3.8, 4) is 22.1 Å². The second kappa shape index (κ2) is 8.27. The van der Waals surface area contributed by atoms with E-state index in [4.69, 9.17) is 25.8 Å². The van der Waals surface area contributed by atoms with Gasteiger partial charge in [-0.3, -0.25) is 15.1 Å². The molecule has 4 heterocycles. The van der Waals surface area contributed by atoms with Crippen LogP contribution in [0.5, 0.6) is 10.9 Å². The maximum atomic E-state index is 13.1. The molecule has 1 aliphatic heterocycles. The van der Waals surface area contributed by atoms with Crippen molar-refractivity contribution in [2.45, 2.75) is 25.9 Å². The molecule has 1 spiro atoms. The van der Waals surface area contributed by atoms with Crippen LogP contribution in [-0.2, 0) is 4.74 Å². The summed E-state index contributed by atoms with van der Waals surface area (Å²) in [7, 11) is 1.53. The molecule has 1 N–H and O–H groups in total. The van der Waals surface area contributed by atoms with Crippen LogP contribution in [0.15, 0.2) is 24.5 Å². The highest BCUT2D eigenvalue weighted by Gasteiger charge is 2.51. The summed E-state index contributed by atoms with van der Waals surface area (Å²) in [5.74, 6) is 0.121. The molecule has 32 heavy (non-hydrogen) atoms. The van der Waals surface area contributed by atoms with Crippen LogP contribution in [0.1, 0.15) is 28.9 Å². The molecular weight excluding hydrogens is 454 g/mol. The molecule has 1 amide bonds. The number of aromatic nitrogens is 4. The molecule has 5 rings (SSSR count). The zero-order chi connectivity index (χ0) is 22.3. The number of carbonyl (C=O) groups is 1. The Bertz CT molecular complexity index is 1170. The molecule has 1 saturated heterocycles. The van der Waals surface area contributed by atoms with Gasteiger partial charge in [-0.25, -0.2) is 4.98 Å². The van der Waals surface area contributed by atoms with E-state index in [2.05, 4.69) is 25.5 Å². The number of hydrogen-bond acceptors (Lipinski definition) is 9. The molecular formula is C21H20ClN5O4S. The van der Waals surface area contributed by atoms with Gasteiger partial charge in [0.25, 0.3) is 11.1 Å². The van der Waals surface area contributed by atoms with Crippen LogP contribution in [0.4, 0.5) is 5.13 Å². The molecule has 3 aromatic rings. The number of anilines is 1. The molecule has 0 bridgehead atoms. The SMILES string of the molecule is COc1cnc(Cl)cc1-c1cc(C)ncc1C(=O)Nc1nnc(OC2CC3(COC3)C2)s1. The lowest BCUT2D eigenvalue weighted by Gasteiger charge is -2.52. The Morgan fingerprint density at radius 1 is 1.22 bits per heavy atom. The minimum Gasteiger partial charge on any atom is -0.494 e. The Balaban J connectivity index is 1.33. The van der Waals surface area contributed by atoms with Gasteiger partial charge in [-0.05, 0) is 43.2 Å². The lowest BCUT2D eigenvalue weighted by Crippen LogP contribution is -2.56. The topological polar surface area (TPSA) is 108 Å². The molecule has 3 aromatic heterocycles. The molecule has 9 nitrogen and oxygen atoms in total. The number of ether oxygens (including phenoxy) is 3. The number of aryl methyl sites for hydroxylation is 1. The Morgan fingerprint density at radius 3 is 2.75 bits per heavy atom. The van der Waals surface area contributed by atoms with E-state index in [1.165, 1.54) is 30.8 Å². The lowest BCUT2D eigenvalue weighted by molar-refractivity contribution is -0.191. The van der Waals surface area contributed by atoms with Crippen molar-refractivity contribution in [2.24, 2.45) is 5.41 Å². The van der Waals surface area contributed by atoms with Crippen molar-refractivity contribution >= 4 is 34.0 Å². The quantitative estimate of drug-likeness (QED) is 0.539. The van der Waals surface area contributed by atoms with Crippen LogP contribution < -0.4 is 14.8 Å². The highest BCUT2D eigenvalue weighted by Crippen LogP contribution is 2.48. The molecule has 2 aliphatic rings. The number of rotatable bonds is 6. The molecule has 166 valence electrons. The number of hydrogen-bond donors (Lipinski definition) is 1. The van der Waals surface area contributed by atoms with Gasteiger partial charge in [0.15, 0.2) is 0 Å². The second-order valence-corrected chi connectivity index (χ2v) is 9.37. The molecule has 2 fully saturated rings. The molecule has 11 heteroatoms. The van der Waals surface area contributed by atoms with E-state index in [1.807, 2.05) is 6.92 Å². The van der Waals surface area contributed by atoms with Gasteiger partial charge in [-0.15, -0.1) is 5.10 Å². The fraction of sp³-hybridized carbons (Fsp3) is 0.381. The highest BCUT2D eigenvalue weighted by molar-refractivity contribution is 7.17. The second-order valence-electron chi connectivity index (χ2n) is 8.05. The average molecular weight is 474 g/mol. The summed E-state index contributed by atoms with van der Waals surface area (Å²) in [5, 5.41) is 11.9. The van der Waals surface area contributed by atoms with Crippen molar-refractivity contribution in [1.29, 1.82) is 0 Å². The summed E-state index contributed by atoms with van der Waals surface area (Å²) >= 11 is 7.29. The molecule has 0 atom stereocenters. The number of pyridine rings is 2. The monoisotopic (exact) mass is 473 g/mol. The Labute approximate surface area is 193 Å². The summed E-state index contributed by atoms with van der Waals surface area (Å²) in [5.41, 5.74) is 2.66. The van der Waals surface area contributed by atoms with E-state index < -0.39 is 0 Å². The zero-order valence-electron chi connectivity index (χ0n) is 17.4. The summed E-state index contributed by atoms with van der Waals surface area (Å²) < 4.78 is 16.6. The predicted molar refractivity (Wildman–Crippen MR) is 119 cm³/mol. The molecule has 0 aromatic carbocycles. The average Bonchev–Trinajstić information content (AvgIpc) is 3.15. The Hall–Kier alpha value is -2.82. The lowest BCUT2D eigenvalue weighted by atomic mass is 9.65. The van der Waals surface area contributed by atoms with Gasteiger partial charge >= 0.3 is 0 Å². The number of nitrogens with one attached hydrogen (secondary N) is 1. The van der Waals surface area contributed by atoms with Crippen LogP contribution in [0.2, 0.25) is 5.15 Å². The minimum absolute atomic E-state index is 0.118. The van der Waals surface area contributed by atoms with Crippen LogP contribution in [0, 0.1) is 12.3 Å². The van der Waals surface area contributed by atoms with Crippen molar-refractivity contribution < 1.29 is 19.0 Å². The van der Waals surface area contributed by atoms with E-state index in [0.29, 0.717) is 43.3 Å². The summed E-state index contributed by atoms with van der Waals surface area (Å²) in [6.45, 7) is 3.46. The largest absolute Gasteiger partial charge is 0.494 e. The van der Waals surface area contributed by atoms with E-state index in [9.17, 15) is 4.79 Å². The highest BCUT2D eigenvalue weighted by atomic mass is 35.5. The first-order valence-electron chi connectivity index (χ1n) is 10.0. The van der Waals surface area contributed by atoms with E-state index in [0.717, 1.165) is 31.7 Å². The third kappa shape index (κ3) is 4.01. The van der Waals surface area contributed by atoms with Crippen molar-refractivity contribution in [1.82, 2.24) is 20.2 Å². The van der Waals surface area contributed by atoms with Crippen molar-refractivity contribution in [2.75, 3.05) is 25.6 Å². The van der Waals surface area contributed by atoms with Gasteiger partial charge < -0.3 is 14.2 Å². The first kappa shape index (κ1) is 21.0. The normalized spacial score (nSPS) is 16.8. The molecule has 0 radical (unpaired) electrons. The van der Waals surface area contributed by atoms with Gasteiger partial charge in [-0.2, -0.15) is 0 Å². The fourth-order valence-corrected chi connectivity index (χ4v) is 4.80. The molecule has 0 unspecified atom stereocenters. The van der Waals surface area contributed by atoms with Crippen LogP contribution in [-0.4, -0.2) is 52.5 Å². The number of carbonyl (C=O) groups excluding carboxylic acids is 1. The van der Waals surface area contributed by atoms with E-state index in [1.54, 1.807) is 12.1 Å². The molecule has 1 aliphatic carbocycles. The van der Waals surface area contributed by atoms with Crippen LogP contribution in [0.3, 0.4) is 0 Å². The van der Waals surface area contributed by atoms with Gasteiger partial charge in [-0.1, -0.05) is 16.7 Å². The Morgan fingerprint density at radius 2 is 2.03 bits per heavy atom. The maximum absolute atomic E-state index is 13.1. The number of halogens is 1. The predicted octanol–water partition coefficient (Wildman–Crippen LogP) is 3.78. The standard InChI is InChI=1S/C21H20ClN5O4S/c1-11-3-13(14-4-17(22)24-8-16(14)29-2)15(7-23-11)18(28)25-19-26-27-20(32-19)31-12-5-21(6-12)9-30-10-21/h3-4,7-8,12H,5-6,9-10H2,1-2H3,(H,25,26,28). The summed E-state index contributed by atoms with van der Waals surface area (Å²) in [6.07, 6.45) is 5.07. The third-order valence-corrected chi connectivity index (χ3v) is 6.60. The summed E-state index contributed by atoms with van der Waals surface area (Å²) in [4.78, 5) is 21.4. The first-order chi connectivity index (χ1) is 15.4. The summed E-state index contributed by atoms with van der Waals surface area (Å²) in [6, 6.07) is 3.45. The third-order valence-electron chi connectivity index (χ3n) is 5.66. The smallest absolute Gasteiger partial charge is 0.296 e. The van der Waals surface area contributed by atoms with Crippen molar-refractivity contribution in [3.05, 3.63) is 40.9 Å². The van der Waals surface area contributed by atoms with Gasteiger partial charge in [0, 0.05) is 28.4 Å². The van der Waals surface area contributed by atoms with Crippen LogP contribution in [0.25, 0.3) is 11.1 Å². The van der Waals surface area contributed by atoms with Gasteiger partial charge in [0.1, 0.15) is 17.0 Å². The van der Waals surface area contributed by atoms with Gasteiger partial charge in [0.2, 0.25) is 5.13 Å². The van der Waals surface area contributed by atoms with Crippen LogP contribution >= 0.6 is 22.9 Å². The van der Waals surface area contributed by atoms with Crippen molar-refractivity contribution in [3.63, 3.8) is 0 Å². The number of amides is 1. The number of nitrogens with zero attached hydrogens (tertiary/aromatic N) is 4. The number of methoxy groups -OCH3 is 1. The maximum Gasteiger partial charge on any atom is 0.296 e. The van der Waals surface area contributed by atoms with Gasteiger partial charge in [0.05, 0.1) is 32.1 Å². The van der Waals surface area contributed by atoms with E-state index in [-0.39, 0.29) is 12.0 Å². The zero-order valence-corrected chi connectivity index (χ0v) is 19.0. The first-order valence-corrected chi connectivity index (χ1v) is 11.2. The Kier molecular flexibility index (Phi) is 5.44. The van der Waals surface area contributed by atoms with E-state index >= 15 is 0 Å². The molecule has 1 saturated carbocycles. The fourth-order valence-electron chi connectivity index (χ4n) is 3.98. The minimum atomic E-state index is -0.376.